The highest BCUT2D eigenvalue weighted by Crippen LogP contribution is 2.23. The topological polar surface area (TPSA) is 44.1 Å². The van der Waals surface area contributed by atoms with Crippen molar-refractivity contribution in [2.24, 2.45) is 7.05 Å². The molecule has 5 heteroatoms. The predicted molar refractivity (Wildman–Crippen MR) is 64.6 cm³/mol. The fraction of sp³-hybridized carbons (Fsp3) is 0.231. The van der Waals surface area contributed by atoms with Gasteiger partial charge in [-0.15, -0.1) is 0 Å². The normalized spacial score (nSPS) is 10.4. The van der Waals surface area contributed by atoms with Crippen LogP contribution in [0.2, 0.25) is 0 Å². The third-order valence-electron chi connectivity index (χ3n) is 2.49. The molecule has 18 heavy (non-hydrogen) atoms. The van der Waals surface area contributed by atoms with Crippen LogP contribution in [0.25, 0.3) is 11.1 Å². The van der Waals surface area contributed by atoms with Crippen LogP contribution in [0, 0.1) is 5.82 Å². The standard InChI is InChI=1S/C13H13FN2O2/c1-3-18-13(17)9-4-5-12(14)11(6-9)10-7-15-16(2)8-10/h4-8H,3H2,1-2H3. The number of carbonyl (C=O) groups excluding carboxylic acids is 1. The minimum absolute atomic E-state index is 0.290. The fourth-order valence-corrected chi connectivity index (χ4v) is 1.65. The van der Waals surface area contributed by atoms with Gasteiger partial charge in [0.15, 0.2) is 0 Å². The van der Waals surface area contributed by atoms with Crippen molar-refractivity contribution in [3.05, 3.63) is 42.0 Å². The van der Waals surface area contributed by atoms with Crippen molar-refractivity contribution in [3.63, 3.8) is 0 Å². The van der Waals surface area contributed by atoms with Gasteiger partial charge in [-0.3, -0.25) is 4.68 Å². The number of ether oxygens (including phenoxy) is 1. The van der Waals surface area contributed by atoms with Gasteiger partial charge in [0.05, 0.1) is 18.4 Å². The van der Waals surface area contributed by atoms with E-state index in [1.54, 1.807) is 31.0 Å². The molecule has 0 fully saturated rings. The summed E-state index contributed by atoms with van der Waals surface area (Å²) in [5.74, 6) is -0.848. The molecule has 4 nitrogen and oxygen atoms in total. The average molecular weight is 248 g/mol. The highest BCUT2D eigenvalue weighted by atomic mass is 19.1. The first-order valence-electron chi connectivity index (χ1n) is 5.57. The molecule has 0 aliphatic rings. The molecule has 0 bridgehead atoms. The molecule has 0 aliphatic carbocycles. The zero-order valence-electron chi connectivity index (χ0n) is 10.2. The number of rotatable bonds is 3. The first kappa shape index (κ1) is 12.3. The molecule has 2 rings (SSSR count). The van der Waals surface area contributed by atoms with Gasteiger partial charge in [-0.05, 0) is 25.1 Å². The molecule has 94 valence electrons. The van der Waals surface area contributed by atoms with E-state index < -0.39 is 11.8 Å². The summed E-state index contributed by atoms with van der Waals surface area (Å²) in [6, 6.07) is 4.14. The number of carbonyl (C=O) groups is 1. The van der Waals surface area contributed by atoms with Gasteiger partial charge in [0.2, 0.25) is 0 Å². The maximum atomic E-state index is 13.7. The number of esters is 1. The number of hydrogen-bond acceptors (Lipinski definition) is 3. The predicted octanol–water partition coefficient (Wildman–Crippen LogP) is 2.40. The Morgan fingerprint density at radius 2 is 2.28 bits per heavy atom. The number of benzene rings is 1. The van der Waals surface area contributed by atoms with Crippen molar-refractivity contribution in [1.82, 2.24) is 9.78 Å². The van der Waals surface area contributed by atoms with Gasteiger partial charge in [-0.1, -0.05) is 0 Å². The zero-order chi connectivity index (χ0) is 13.1. The Morgan fingerprint density at radius 1 is 1.50 bits per heavy atom. The maximum absolute atomic E-state index is 13.7. The lowest BCUT2D eigenvalue weighted by Gasteiger charge is -2.05. The van der Waals surface area contributed by atoms with Crippen molar-refractivity contribution in [2.45, 2.75) is 6.92 Å². The molecular weight excluding hydrogens is 235 g/mol. The Bertz CT molecular complexity index is 578. The lowest BCUT2D eigenvalue weighted by Crippen LogP contribution is -2.05. The molecule has 1 heterocycles. The van der Waals surface area contributed by atoms with Gasteiger partial charge in [0.1, 0.15) is 5.82 Å². The van der Waals surface area contributed by atoms with Gasteiger partial charge < -0.3 is 4.74 Å². The molecule has 0 aliphatic heterocycles. The summed E-state index contributed by atoms with van der Waals surface area (Å²) < 4.78 is 20.2. The first-order chi connectivity index (χ1) is 8.61. The van der Waals surface area contributed by atoms with Crippen LogP contribution in [0.5, 0.6) is 0 Å². The molecule has 0 saturated heterocycles. The summed E-state index contributed by atoms with van der Waals surface area (Å²) in [7, 11) is 1.75. The van der Waals surface area contributed by atoms with Crippen LogP contribution < -0.4 is 0 Å². The first-order valence-corrected chi connectivity index (χ1v) is 5.57. The van der Waals surface area contributed by atoms with Gasteiger partial charge in [0.25, 0.3) is 0 Å². The van der Waals surface area contributed by atoms with Crippen LogP contribution in [-0.2, 0) is 11.8 Å². The molecule has 0 amide bonds. The minimum atomic E-state index is -0.456. The van der Waals surface area contributed by atoms with Gasteiger partial charge in [0, 0.05) is 24.4 Å². The summed E-state index contributed by atoms with van der Waals surface area (Å²) in [5, 5.41) is 3.98. The van der Waals surface area contributed by atoms with E-state index in [1.807, 2.05) is 0 Å². The molecule has 1 aromatic heterocycles. The van der Waals surface area contributed by atoms with Crippen LogP contribution in [0.15, 0.2) is 30.6 Å². The summed E-state index contributed by atoms with van der Waals surface area (Å²) in [6.45, 7) is 2.02. The lowest BCUT2D eigenvalue weighted by molar-refractivity contribution is 0.0526. The van der Waals surface area contributed by atoms with Crippen LogP contribution in [0.1, 0.15) is 17.3 Å². The Morgan fingerprint density at radius 3 is 2.89 bits per heavy atom. The molecule has 2 aromatic rings. The second-order valence-corrected chi connectivity index (χ2v) is 3.82. The third kappa shape index (κ3) is 2.40. The van der Waals surface area contributed by atoms with Crippen molar-refractivity contribution < 1.29 is 13.9 Å². The summed E-state index contributed by atoms with van der Waals surface area (Å²) in [4.78, 5) is 11.6. The summed E-state index contributed by atoms with van der Waals surface area (Å²) in [6.07, 6.45) is 3.24. The third-order valence-corrected chi connectivity index (χ3v) is 2.49. The molecule has 0 atom stereocenters. The fourth-order valence-electron chi connectivity index (χ4n) is 1.65. The number of halogens is 1. The van der Waals surface area contributed by atoms with E-state index in [0.717, 1.165) is 0 Å². The smallest absolute Gasteiger partial charge is 0.338 e. The second-order valence-electron chi connectivity index (χ2n) is 3.82. The number of aryl methyl sites for hydroxylation is 1. The van der Waals surface area contributed by atoms with E-state index in [4.69, 9.17) is 4.74 Å². The Balaban J connectivity index is 2.41. The van der Waals surface area contributed by atoms with Crippen LogP contribution in [0.3, 0.4) is 0 Å². The van der Waals surface area contributed by atoms with Gasteiger partial charge >= 0.3 is 5.97 Å². The molecule has 0 saturated carbocycles. The molecule has 1 aromatic carbocycles. The number of nitrogens with zero attached hydrogens (tertiary/aromatic N) is 2. The van der Waals surface area contributed by atoms with Crippen molar-refractivity contribution >= 4 is 5.97 Å². The van der Waals surface area contributed by atoms with E-state index in [1.165, 1.54) is 18.2 Å². The molecule has 0 N–H and O–H groups in total. The average Bonchev–Trinajstić information content (AvgIpc) is 2.76. The monoisotopic (exact) mass is 248 g/mol. The van der Waals surface area contributed by atoms with E-state index in [0.29, 0.717) is 23.3 Å². The molecule has 0 spiro atoms. The largest absolute Gasteiger partial charge is 0.462 e. The maximum Gasteiger partial charge on any atom is 0.338 e. The minimum Gasteiger partial charge on any atom is -0.462 e. The molecule has 0 radical (unpaired) electrons. The van der Waals surface area contributed by atoms with E-state index in [9.17, 15) is 9.18 Å². The second kappa shape index (κ2) is 5.00. The van der Waals surface area contributed by atoms with Crippen molar-refractivity contribution in [2.75, 3.05) is 6.61 Å². The van der Waals surface area contributed by atoms with Crippen LogP contribution >= 0.6 is 0 Å². The highest BCUT2D eigenvalue weighted by Gasteiger charge is 2.12. The van der Waals surface area contributed by atoms with E-state index in [-0.39, 0.29) is 0 Å². The van der Waals surface area contributed by atoms with Gasteiger partial charge in [-0.2, -0.15) is 5.10 Å². The number of hydrogen-bond donors (Lipinski definition) is 0. The Kier molecular flexibility index (Phi) is 3.41. The Hall–Kier alpha value is -2.17. The molecular formula is C13H13FN2O2. The zero-order valence-corrected chi connectivity index (χ0v) is 10.2. The highest BCUT2D eigenvalue weighted by molar-refractivity contribution is 5.91. The van der Waals surface area contributed by atoms with Crippen LogP contribution in [-0.4, -0.2) is 22.4 Å². The lowest BCUT2D eigenvalue weighted by atomic mass is 10.1. The quantitative estimate of drug-likeness (QED) is 0.783. The van der Waals surface area contributed by atoms with E-state index >= 15 is 0 Å². The number of aromatic nitrogens is 2. The van der Waals surface area contributed by atoms with Crippen molar-refractivity contribution in [1.29, 1.82) is 0 Å². The van der Waals surface area contributed by atoms with Gasteiger partial charge in [-0.25, -0.2) is 9.18 Å². The van der Waals surface area contributed by atoms with Crippen molar-refractivity contribution in [3.8, 4) is 11.1 Å². The Labute approximate surface area is 104 Å². The van der Waals surface area contributed by atoms with E-state index in [2.05, 4.69) is 5.10 Å². The van der Waals surface area contributed by atoms with Crippen LogP contribution in [0.4, 0.5) is 4.39 Å². The molecule has 0 unspecified atom stereocenters. The summed E-state index contributed by atoms with van der Waals surface area (Å²) >= 11 is 0. The summed E-state index contributed by atoms with van der Waals surface area (Å²) in [5.41, 5.74) is 1.30. The SMILES string of the molecule is CCOC(=O)c1ccc(F)c(-c2cnn(C)c2)c1.